The van der Waals surface area contributed by atoms with Gasteiger partial charge < -0.3 is 14.3 Å². The summed E-state index contributed by atoms with van der Waals surface area (Å²) in [5.74, 6) is 0.463. The summed E-state index contributed by atoms with van der Waals surface area (Å²) in [6.45, 7) is 9.97. The lowest BCUT2D eigenvalue weighted by Gasteiger charge is -2.58. The van der Waals surface area contributed by atoms with Crippen molar-refractivity contribution < 1.29 is 14.3 Å². The highest BCUT2D eigenvalue weighted by molar-refractivity contribution is 5.61. The van der Waals surface area contributed by atoms with Gasteiger partial charge in [0.05, 0.1) is 13.2 Å². The number of rotatable bonds is 2. The van der Waals surface area contributed by atoms with E-state index < -0.39 is 5.79 Å². The van der Waals surface area contributed by atoms with Gasteiger partial charge in [-0.05, 0) is 36.5 Å². The van der Waals surface area contributed by atoms with E-state index in [1.807, 2.05) is 0 Å². The summed E-state index contributed by atoms with van der Waals surface area (Å²) in [6.07, 6.45) is 7.96. The first-order valence-electron chi connectivity index (χ1n) is 7.88. The van der Waals surface area contributed by atoms with Gasteiger partial charge in [-0.3, -0.25) is 0 Å². The van der Waals surface area contributed by atoms with Crippen molar-refractivity contribution in [2.45, 2.75) is 51.7 Å². The minimum absolute atomic E-state index is 0.0410. The summed E-state index contributed by atoms with van der Waals surface area (Å²) in [6, 6.07) is 0. The van der Waals surface area contributed by atoms with Crippen molar-refractivity contribution in [1.82, 2.24) is 0 Å². The standard InChI is InChI=1S/C17H26O3/c1-4-15(3)13(2)5-7-16(12-18)11-17(8-6-14(15)16)19-9-10-20-17/h4,12-14H,1,5-11H2,2-3H3/t13-,14-,15+,16+/m1/s1. The van der Waals surface area contributed by atoms with Gasteiger partial charge in [0.2, 0.25) is 0 Å². The number of ether oxygens (including phenoxy) is 2. The van der Waals surface area contributed by atoms with Crippen molar-refractivity contribution in [2.75, 3.05) is 13.2 Å². The number of carbonyl (C=O) groups excluding carboxylic acids is 1. The van der Waals surface area contributed by atoms with E-state index in [1.54, 1.807) is 0 Å². The van der Waals surface area contributed by atoms with E-state index in [-0.39, 0.29) is 10.8 Å². The van der Waals surface area contributed by atoms with E-state index in [0.29, 0.717) is 25.0 Å². The van der Waals surface area contributed by atoms with Gasteiger partial charge in [-0.15, -0.1) is 6.58 Å². The van der Waals surface area contributed by atoms with Gasteiger partial charge in [-0.1, -0.05) is 19.9 Å². The zero-order valence-corrected chi connectivity index (χ0v) is 12.7. The van der Waals surface area contributed by atoms with Gasteiger partial charge in [0.25, 0.3) is 0 Å². The van der Waals surface area contributed by atoms with Gasteiger partial charge in [-0.25, -0.2) is 0 Å². The maximum atomic E-state index is 12.0. The molecule has 2 aliphatic carbocycles. The van der Waals surface area contributed by atoms with Crippen molar-refractivity contribution in [2.24, 2.45) is 22.7 Å². The molecule has 1 heterocycles. The Morgan fingerprint density at radius 1 is 1.20 bits per heavy atom. The van der Waals surface area contributed by atoms with Crippen molar-refractivity contribution in [3.8, 4) is 0 Å². The molecule has 3 fully saturated rings. The van der Waals surface area contributed by atoms with Crippen molar-refractivity contribution in [3.63, 3.8) is 0 Å². The Morgan fingerprint density at radius 3 is 2.50 bits per heavy atom. The third kappa shape index (κ3) is 1.82. The quantitative estimate of drug-likeness (QED) is 0.574. The van der Waals surface area contributed by atoms with Crippen LogP contribution in [0.1, 0.15) is 46.0 Å². The van der Waals surface area contributed by atoms with Gasteiger partial charge in [-0.2, -0.15) is 0 Å². The van der Waals surface area contributed by atoms with E-state index in [9.17, 15) is 4.79 Å². The molecule has 20 heavy (non-hydrogen) atoms. The number of fused-ring (bicyclic) bond motifs is 1. The smallest absolute Gasteiger partial charge is 0.169 e. The highest BCUT2D eigenvalue weighted by Crippen LogP contribution is 2.62. The van der Waals surface area contributed by atoms with Crippen LogP contribution in [0.25, 0.3) is 0 Å². The maximum absolute atomic E-state index is 12.0. The van der Waals surface area contributed by atoms with Crippen LogP contribution in [0, 0.1) is 22.7 Å². The van der Waals surface area contributed by atoms with E-state index in [2.05, 4.69) is 26.5 Å². The molecular weight excluding hydrogens is 252 g/mol. The van der Waals surface area contributed by atoms with Gasteiger partial charge in [0, 0.05) is 18.3 Å². The normalized spacial score (nSPS) is 46.9. The summed E-state index contributed by atoms with van der Waals surface area (Å²) in [5.41, 5.74) is -0.253. The predicted octanol–water partition coefficient (Wildman–Crippen LogP) is 3.34. The molecular formula is C17H26O3. The monoisotopic (exact) mass is 278 g/mol. The Morgan fingerprint density at radius 2 is 1.90 bits per heavy atom. The summed E-state index contributed by atoms with van der Waals surface area (Å²) in [5, 5.41) is 0. The molecule has 3 nitrogen and oxygen atoms in total. The minimum atomic E-state index is -0.486. The number of allylic oxidation sites excluding steroid dienone is 1. The molecule has 0 radical (unpaired) electrons. The molecule has 3 rings (SSSR count). The molecule has 1 saturated heterocycles. The van der Waals surface area contributed by atoms with Crippen LogP contribution in [0.3, 0.4) is 0 Å². The third-order valence-corrected chi connectivity index (χ3v) is 6.45. The van der Waals surface area contributed by atoms with Crippen molar-refractivity contribution >= 4 is 6.29 Å². The average Bonchev–Trinajstić information content (AvgIpc) is 2.91. The fourth-order valence-corrected chi connectivity index (χ4v) is 4.97. The Labute approximate surface area is 121 Å². The van der Waals surface area contributed by atoms with Crippen LogP contribution in [0.15, 0.2) is 12.7 Å². The lowest BCUT2D eigenvalue weighted by Crippen LogP contribution is -2.56. The van der Waals surface area contributed by atoms with E-state index in [1.165, 1.54) is 6.29 Å². The van der Waals surface area contributed by atoms with Crippen LogP contribution < -0.4 is 0 Å². The second-order valence-corrected chi connectivity index (χ2v) is 7.24. The summed E-state index contributed by atoms with van der Waals surface area (Å²) in [4.78, 5) is 12.0. The fourth-order valence-electron chi connectivity index (χ4n) is 4.97. The number of hydrogen-bond acceptors (Lipinski definition) is 3. The third-order valence-electron chi connectivity index (χ3n) is 6.45. The molecule has 2 saturated carbocycles. The molecule has 1 aliphatic heterocycles. The first-order valence-corrected chi connectivity index (χ1v) is 7.88. The summed E-state index contributed by atoms with van der Waals surface area (Å²) in [7, 11) is 0. The van der Waals surface area contributed by atoms with Gasteiger partial charge in [0.15, 0.2) is 5.79 Å². The molecule has 4 atom stereocenters. The minimum Gasteiger partial charge on any atom is -0.348 e. The van der Waals surface area contributed by atoms with Crippen LogP contribution >= 0.6 is 0 Å². The molecule has 0 amide bonds. The number of carbonyl (C=O) groups is 1. The predicted molar refractivity (Wildman–Crippen MR) is 77.2 cm³/mol. The fraction of sp³-hybridized carbons (Fsp3) is 0.824. The molecule has 0 aromatic heterocycles. The Hall–Kier alpha value is -0.670. The van der Waals surface area contributed by atoms with Crippen LogP contribution in [0.2, 0.25) is 0 Å². The van der Waals surface area contributed by atoms with Gasteiger partial charge >= 0.3 is 0 Å². The second kappa shape index (κ2) is 4.67. The van der Waals surface area contributed by atoms with Crippen molar-refractivity contribution in [1.29, 1.82) is 0 Å². The molecule has 0 aromatic rings. The SMILES string of the molecule is C=C[C@@]1(C)[C@H](C)CC[C@@]2(C=O)CC3(CC[C@@H]21)OCCO3. The molecule has 112 valence electrons. The van der Waals surface area contributed by atoms with Gasteiger partial charge in [0.1, 0.15) is 6.29 Å². The summed E-state index contributed by atoms with van der Waals surface area (Å²) < 4.78 is 11.8. The average molecular weight is 278 g/mol. The number of hydrogen-bond donors (Lipinski definition) is 0. The lowest BCUT2D eigenvalue weighted by atomic mass is 9.47. The molecule has 3 aliphatic rings. The highest BCUT2D eigenvalue weighted by atomic mass is 16.7. The van der Waals surface area contributed by atoms with Crippen LogP contribution in [-0.2, 0) is 14.3 Å². The molecule has 0 N–H and O–H groups in total. The molecule has 1 spiro atoms. The molecule has 3 heteroatoms. The second-order valence-electron chi connectivity index (χ2n) is 7.24. The first kappa shape index (κ1) is 14.3. The largest absolute Gasteiger partial charge is 0.348 e. The molecule has 0 aromatic carbocycles. The lowest BCUT2D eigenvalue weighted by molar-refractivity contribution is -0.227. The zero-order valence-electron chi connectivity index (χ0n) is 12.7. The Kier molecular flexibility index (Phi) is 3.33. The number of aldehydes is 1. The Bertz CT molecular complexity index is 412. The Balaban J connectivity index is 1.96. The van der Waals surface area contributed by atoms with Crippen molar-refractivity contribution in [3.05, 3.63) is 12.7 Å². The maximum Gasteiger partial charge on any atom is 0.169 e. The van der Waals surface area contributed by atoms with Crippen LogP contribution in [-0.4, -0.2) is 25.3 Å². The van der Waals surface area contributed by atoms with E-state index in [4.69, 9.17) is 9.47 Å². The first-order chi connectivity index (χ1) is 9.50. The highest BCUT2D eigenvalue weighted by Gasteiger charge is 2.60. The van der Waals surface area contributed by atoms with Crippen LogP contribution in [0.5, 0.6) is 0 Å². The molecule has 0 bridgehead atoms. The van der Waals surface area contributed by atoms with E-state index >= 15 is 0 Å². The van der Waals surface area contributed by atoms with E-state index in [0.717, 1.165) is 32.1 Å². The molecule has 0 unspecified atom stereocenters. The topological polar surface area (TPSA) is 35.5 Å². The van der Waals surface area contributed by atoms with Crippen LogP contribution in [0.4, 0.5) is 0 Å². The zero-order chi connectivity index (χ0) is 14.4. The summed E-state index contributed by atoms with van der Waals surface area (Å²) >= 11 is 0.